The van der Waals surface area contributed by atoms with Crippen LogP contribution in [0, 0.1) is 5.92 Å². The van der Waals surface area contributed by atoms with E-state index in [4.69, 9.17) is 30.2 Å². The number of hydrogen-bond acceptors (Lipinski definition) is 10. The highest BCUT2D eigenvalue weighted by Crippen LogP contribution is 2.42. The van der Waals surface area contributed by atoms with Gasteiger partial charge in [-0.3, -0.25) is 14.6 Å². The van der Waals surface area contributed by atoms with Crippen LogP contribution in [0.5, 0.6) is 0 Å². The third-order valence-corrected chi connectivity index (χ3v) is 7.04. The summed E-state index contributed by atoms with van der Waals surface area (Å²) in [4.78, 5) is 42.3. The standard InChI is InChI=1S/C25H28ClN3O9S/c1-4-37-25(32)22-18(14-36-13-11-27-39(33,34)29-23(30)19-10-7-12-38-19)28-15(2)20(24(31)35-3)21(22)16-8-5-6-9-17(16)26/h5-10,12,20-21,27H,4,11,13-14H2,1-3H3,(H,29,30). The number of ether oxygens (including phenoxy) is 3. The number of carbonyl (C=O) groups excluding carboxylic acids is 3. The van der Waals surface area contributed by atoms with Crippen LogP contribution in [-0.2, 0) is 34.0 Å². The van der Waals surface area contributed by atoms with Gasteiger partial charge in [0.25, 0.3) is 0 Å². The number of carbonyl (C=O) groups is 3. The Morgan fingerprint density at radius 3 is 2.54 bits per heavy atom. The Kier molecular flexibility index (Phi) is 10.4. The third-order valence-electron chi connectivity index (χ3n) is 5.66. The van der Waals surface area contributed by atoms with Crippen LogP contribution >= 0.6 is 11.6 Å². The molecule has 2 N–H and O–H groups in total. The first kappa shape index (κ1) is 30.0. The lowest BCUT2D eigenvalue weighted by Gasteiger charge is -2.32. The minimum absolute atomic E-state index is 0.0722. The second kappa shape index (κ2) is 13.5. The van der Waals surface area contributed by atoms with Gasteiger partial charge in [0.05, 0.1) is 44.5 Å². The van der Waals surface area contributed by atoms with E-state index in [1.54, 1.807) is 38.1 Å². The summed E-state index contributed by atoms with van der Waals surface area (Å²) in [5.74, 6) is -4.21. The van der Waals surface area contributed by atoms with Crippen molar-refractivity contribution in [2.45, 2.75) is 19.8 Å². The maximum atomic E-state index is 13.1. The van der Waals surface area contributed by atoms with Crippen LogP contribution in [0.4, 0.5) is 0 Å². The number of aliphatic imine (C=N–C) groups is 1. The maximum absolute atomic E-state index is 13.1. The smallest absolute Gasteiger partial charge is 0.336 e. The van der Waals surface area contributed by atoms with Gasteiger partial charge in [0.15, 0.2) is 5.76 Å². The van der Waals surface area contributed by atoms with Crippen molar-refractivity contribution in [1.29, 1.82) is 0 Å². The highest BCUT2D eigenvalue weighted by Gasteiger charge is 2.43. The second-order valence-corrected chi connectivity index (χ2v) is 10.1. The van der Waals surface area contributed by atoms with Gasteiger partial charge < -0.3 is 18.6 Å². The van der Waals surface area contributed by atoms with Gasteiger partial charge in [0, 0.05) is 23.2 Å². The van der Waals surface area contributed by atoms with Gasteiger partial charge in [-0.15, -0.1) is 0 Å². The van der Waals surface area contributed by atoms with E-state index >= 15 is 0 Å². The number of halogens is 1. The van der Waals surface area contributed by atoms with Gasteiger partial charge in [0.1, 0.15) is 5.92 Å². The van der Waals surface area contributed by atoms with Gasteiger partial charge >= 0.3 is 28.1 Å². The molecule has 1 aromatic heterocycles. The van der Waals surface area contributed by atoms with Gasteiger partial charge in [0.2, 0.25) is 0 Å². The molecule has 210 valence electrons. The number of esters is 2. The highest BCUT2D eigenvalue weighted by molar-refractivity contribution is 7.88. The molecule has 0 saturated carbocycles. The third kappa shape index (κ3) is 7.53. The Morgan fingerprint density at radius 1 is 1.15 bits per heavy atom. The number of nitrogens with zero attached hydrogens (tertiary/aromatic N) is 1. The average Bonchev–Trinajstić information content (AvgIpc) is 3.43. The molecule has 2 heterocycles. The Labute approximate surface area is 230 Å². The van der Waals surface area contributed by atoms with Gasteiger partial charge in [-0.2, -0.15) is 13.1 Å². The van der Waals surface area contributed by atoms with Crippen LogP contribution in [0.15, 0.2) is 63.3 Å². The van der Waals surface area contributed by atoms with Crippen molar-refractivity contribution >= 4 is 45.4 Å². The quantitative estimate of drug-likeness (QED) is 0.283. The molecule has 0 radical (unpaired) electrons. The minimum Gasteiger partial charge on any atom is -0.468 e. The van der Waals surface area contributed by atoms with Crippen LogP contribution in [0.2, 0.25) is 5.02 Å². The molecule has 1 aliphatic rings. The zero-order valence-electron chi connectivity index (χ0n) is 21.4. The summed E-state index contributed by atoms with van der Waals surface area (Å²) in [7, 11) is -2.95. The molecule has 0 spiro atoms. The fourth-order valence-electron chi connectivity index (χ4n) is 4.02. The van der Waals surface area contributed by atoms with Crippen LogP contribution in [-0.4, -0.2) is 65.5 Å². The Hall–Kier alpha value is -3.52. The molecule has 1 aromatic carbocycles. The Morgan fingerprint density at radius 2 is 1.90 bits per heavy atom. The first-order chi connectivity index (χ1) is 18.6. The SMILES string of the molecule is CCOC(=O)C1=C(COCCNS(=O)(=O)NC(=O)c2ccco2)N=C(C)C(C(=O)OC)C1c1ccccc1Cl. The number of methoxy groups -OCH3 is 1. The van der Waals surface area contributed by atoms with E-state index in [9.17, 15) is 22.8 Å². The van der Waals surface area contributed by atoms with Crippen LogP contribution < -0.4 is 9.44 Å². The molecule has 3 rings (SSSR count). The number of hydrogen-bond donors (Lipinski definition) is 2. The molecular formula is C25H28ClN3O9S. The van der Waals surface area contributed by atoms with E-state index < -0.39 is 39.9 Å². The summed E-state index contributed by atoms with van der Waals surface area (Å²) < 4.78 is 49.0. The zero-order valence-corrected chi connectivity index (χ0v) is 23.0. The van der Waals surface area contributed by atoms with Crippen molar-refractivity contribution in [2.75, 3.05) is 33.5 Å². The Balaban J connectivity index is 1.79. The highest BCUT2D eigenvalue weighted by atomic mass is 35.5. The Bertz CT molecular complexity index is 1370. The zero-order chi connectivity index (χ0) is 28.6. The van der Waals surface area contributed by atoms with Crippen molar-refractivity contribution in [3.05, 3.63) is 70.3 Å². The molecule has 12 nitrogen and oxygen atoms in total. The lowest BCUT2D eigenvalue weighted by atomic mass is 9.75. The molecule has 2 unspecified atom stereocenters. The number of nitrogens with one attached hydrogen (secondary N) is 2. The van der Waals surface area contributed by atoms with Crippen LogP contribution in [0.25, 0.3) is 0 Å². The summed E-state index contributed by atoms with van der Waals surface area (Å²) in [6, 6.07) is 9.55. The van der Waals surface area contributed by atoms with Crippen molar-refractivity contribution < 1.29 is 41.4 Å². The first-order valence-corrected chi connectivity index (χ1v) is 13.7. The van der Waals surface area contributed by atoms with Gasteiger partial charge in [-0.05, 0) is 37.6 Å². The van der Waals surface area contributed by atoms with E-state index in [1.807, 2.05) is 4.72 Å². The summed E-state index contributed by atoms with van der Waals surface area (Å²) in [5, 5.41) is 0.333. The molecular weight excluding hydrogens is 554 g/mol. The minimum atomic E-state index is -4.19. The summed E-state index contributed by atoms with van der Waals surface area (Å²) in [5.41, 5.74) is 1.16. The van der Waals surface area contributed by atoms with Crippen LogP contribution in [0.3, 0.4) is 0 Å². The topological polar surface area (TPSA) is 163 Å². The predicted octanol–water partition coefficient (Wildman–Crippen LogP) is 2.38. The second-order valence-electron chi connectivity index (χ2n) is 8.19. The molecule has 0 bridgehead atoms. The van der Waals surface area contributed by atoms with Gasteiger partial charge in [-0.25, -0.2) is 9.52 Å². The van der Waals surface area contributed by atoms with Crippen molar-refractivity contribution in [3.63, 3.8) is 0 Å². The normalized spacial score (nSPS) is 17.4. The monoisotopic (exact) mass is 581 g/mol. The fraction of sp³-hybridized carbons (Fsp3) is 0.360. The van der Waals surface area contributed by atoms with Crippen molar-refractivity contribution in [2.24, 2.45) is 10.9 Å². The summed E-state index contributed by atoms with van der Waals surface area (Å²) in [6.45, 7) is 2.79. The fourth-order valence-corrected chi connectivity index (χ4v) is 5.05. The maximum Gasteiger partial charge on any atom is 0.336 e. The average molecular weight is 582 g/mol. The lowest BCUT2D eigenvalue weighted by Crippen LogP contribution is -2.41. The van der Waals surface area contributed by atoms with Gasteiger partial charge in [-0.1, -0.05) is 29.8 Å². The largest absolute Gasteiger partial charge is 0.468 e. The lowest BCUT2D eigenvalue weighted by molar-refractivity contribution is -0.144. The number of benzene rings is 1. The molecule has 14 heteroatoms. The van der Waals surface area contributed by atoms with Crippen molar-refractivity contribution in [1.82, 2.24) is 9.44 Å². The van der Waals surface area contributed by atoms with Crippen molar-refractivity contribution in [3.8, 4) is 0 Å². The van der Waals surface area contributed by atoms with Crippen LogP contribution in [0.1, 0.15) is 35.9 Å². The molecule has 39 heavy (non-hydrogen) atoms. The number of rotatable bonds is 12. The molecule has 1 amide bonds. The molecule has 0 saturated heterocycles. The molecule has 2 aromatic rings. The summed E-state index contributed by atoms with van der Waals surface area (Å²) in [6.07, 6.45) is 1.24. The van der Waals surface area contributed by atoms with E-state index in [2.05, 4.69) is 9.71 Å². The predicted molar refractivity (Wildman–Crippen MR) is 140 cm³/mol. The van der Waals surface area contributed by atoms with E-state index in [1.165, 1.54) is 25.5 Å². The van der Waals surface area contributed by atoms with E-state index in [-0.39, 0.29) is 43.4 Å². The van der Waals surface area contributed by atoms with E-state index in [0.29, 0.717) is 16.3 Å². The van der Waals surface area contributed by atoms with E-state index in [0.717, 1.165) is 0 Å². The number of amides is 1. The molecule has 2 atom stereocenters. The molecule has 1 aliphatic heterocycles. The molecule has 0 fully saturated rings. The molecule has 0 aliphatic carbocycles. The summed E-state index contributed by atoms with van der Waals surface area (Å²) >= 11 is 6.47. The first-order valence-electron chi connectivity index (χ1n) is 11.8. The number of furan rings is 1.